The van der Waals surface area contributed by atoms with Crippen LogP contribution in [-0.2, 0) is 0 Å². The Hall–Kier alpha value is -2.12. The van der Waals surface area contributed by atoms with Gasteiger partial charge in [0.05, 0.1) is 13.2 Å². The van der Waals surface area contributed by atoms with Crippen LogP contribution in [0.2, 0.25) is 0 Å². The Morgan fingerprint density at radius 3 is 2.88 bits per heavy atom. The minimum absolute atomic E-state index is 0.102. The molecule has 0 spiro atoms. The summed E-state index contributed by atoms with van der Waals surface area (Å²) in [6.07, 6.45) is 4.05. The Balaban J connectivity index is 1.69. The van der Waals surface area contributed by atoms with Crippen LogP contribution in [0, 0.1) is 0 Å². The first kappa shape index (κ1) is 16.7. The van der Waals surface area contributed by atoms with Crippen molar-refractivity contribution in [3.8, 4) is 5.75 Å². The maximum Gasteiger partial charge on any atom is 0.321 e. The third-order valence-corrected chi connectivity index (χ3v) is 4.88. The number of anilines is 1. The van der Waals surface area contributed by atoms with E-state index >= 15 is 0 Å². The molecular formula is C17H22N4O2S. The summed E-state index contributed by atoms with van der Waals surface area (Å²) >= 11 is 1.40. The van der Waals surface area contributed by atoms with Gasteiger partial charge < -0.3 is 10.1 Å². The molecule has 1 aromatic carbocycles. The van der Waals surface area contributed by atoms with Gasteiger partial charge in [0.25, 0.3) is 0 Å². The highest BCUT2D eigenvalue weighted by Crippen LogP contribution is 2.31. The lowest BCUT2D eigenvalue weighted by Crippen LogP contribution is -2.38. The first-order valence-electron chi connectivity index (χ1n) is 8.09. The number of methoxy groups -OCH3 is 1. The van der Waals surface area contributed by atoms with Gasteiger partial charge >= 0.3 is 6.03 Å². The summed E-state index contributed by atoms with van der Waals surface area (Å²) in [6.45, 7) is 2.61. The van der Waals surface area contributed by atoms with Crippen molar-refractivity contribution >= 4 is 22.5 Å². The number of thiazole rings is 1. The van der Waals surface area contributed by atoms with Crippen molar-refractivity contribution < 1.29 is 9.53 Å². The normalized spacial score (nSPS) is 15.9. The first-order chi connectivity index (χ1) is 11.8. The summed E-state index contributed by atoms with van der Waals surface area (Å²) in [7, 11) is 1.68. The van der Waals surface area contributed by atoms with Crippen molar-refractivity contribution in [2.45, 2.75) is 18.9 Å². The number of benzene rings is 1. The zero-order chi connectivity index (χ0) is 16.8. The molecule has 0 aliphatic carbocycles. The molecule has 3 rings (SSSR count). The minimum atomic E-state index is -0.232. The lowest BCUT2D eigenvalue weighted by molar-refractivity contribution is 0.224. The molecule has 0 saturated carbocycles. The molecule has 0 bridgehead atoms. The van der Waals surface area contributed by atoms with Crippen LogP contribution in [0.4, 0.5) is 9.93 Å². The predicted molar refractivity (Wildman–Crippen MR) is 95.7 cm³/mol. The van der Waals surface area contributed by atoms with Gasteiger partial charge in [-0.15, -0.1) is 11.3 Å². The Bertz CT molecular complexity index is 656. The largest absolute Gasteiger partial charge is 0.496 e. The van der Waals surface area contributed by atoms with E-state index < -0.39 is 0 Å². The monoisotopic (exact) mass is 346 g/mol. The summed E-state index contributed by atoms with van der Waals surface area (Å²) in [5, 5.41) is 8.15. The lowest BCUT2D eigenvalue weighted by atomic mass is 10.0. The Morgan fingerprint density at radius 1 is 1.38 bits per heavy atom. The zero-order valence-corrected chi connectivity index (χ0v) is 14.5. The minimum Gasteiger partial charge on any atom is -0.496 e. The number of para-hydroxylation sites is 1. The highest BCUT2D eigenvalue weighted by molar-refractivity contribution is 7.13. The van der Waals surface area contributed by atoms with E-state index in [1.54, 1.807) is 13.3 Å². The van der Waals surface area contributed by atoms with Gasteiger partial charge in [-0.05, 0) is 32.0 Å². The van der Waals surface area contributed by atoms with Crippen molar-refractivity contribution in [1.82, 2.24) is 15.2 Å². The second kappa shape index (κ2) is 8.12. The molecule has 2 amide bonds. The van der Waals surface area contributed by atoms with E-state index in [4.69, 9.17) is 4.74 Å². The average molecular weight is 346 g/mol. The van der Waals surface area contributed by atoms with Crippen molar-refractivity contribution in [3.05, 3.63) is 41.4 Å². The molecule has 1 saturated heterocycles. The maximum atomic E-state index is 12.1. The fourth-order valence-corrected chi connectivity index (χ4v) is 3.57. The van der Waals surface area contributed by atoms with Crippen LogP contribution >= 0.6 is 11.3 Å². The van der Waals surface area contributed by atoms with Crippen LogP contribution < -0.4 is 15.4 Å². The number of hydrogen-bond acceptors (Lipinski definition) is 5. The topological polar surface area (TPSA) is 66.5 Å². The molecule has 0 radical (unpaired) electrons. The number of nitrogens with one attached hydrogen (secondary N) is 2. The summed E-state index contributed by atoms with van der Waals surface area (Å²) in [5.74, 6) is 0.858. The van der Waals surface area contributed by atoms with Gasteiger partial charge in [0.1, 0.15) is 5.75 Å². The second-order valence-corrected chi connectivity index (χ2v) is 6.57. The average Bonchev–Trinajstić information content (AvgIpc) is 3.29. The molecule has 1 aliphatic heterocycles. The van der Waals surface area contributed by atoms with Crippen LogP contribution in [0.15, 0.2) is 35.8 Å². The Morgan fingerprint density at radius 2 is 2.17 bits per heavy atom. The standard InChI is InChI=1S/C17H22N4O2S/c1-23-15-7-3-2-6-13(15)14(21-9-4-5-10-21)12-19-16(22)20-17-18-8-11-24-17/h2-3,6-8,11,14H,4-5,9-10,12H2,1H3,(H2,18,19,20,22)/t14-/m0/s1. The SMILES string of the molecule is COc1ccccc1[C@H](CNC(=O)Nc1nccs1)N1CCCC1. The van der Waals surface area contributed by atoms with Crippen LogP contribution in [-0.4, -0.2) is 42.7 Å². The molecule has 1 atom stereocenters. The highest BCUT2D eigenvalue weighted by Gasteiger charge is 2.26. The van der Waals surface area contributed by atoms with E-state index in [1.807, 2.05) is 23.6 Å². The van der Waals surface area contributed by atoms with Crippen molar-refractivity contribution in [3.63, 3.8) is 0 Å². The number of carbonyl (C=O) groups excluding carboxylic acids is 1. The quantitative estimate of drug-likeness (QED) is 0.843. The van der Waals surface area contributed by atoms with Crippen molar-refractivity contribution in [1.29, 1.82) is 0 Å². The van der Waals surface area contributed by atoms with Gasteiger partial charge in [-0.2, -0.15) is 0 Å². The Kier molecular flexibility index (Phi) is 5.66. The van der Waals surface area contributed by atoms with Gasteiger partial charge in [0.15, 0.2) is 5.13 Å². The van der Waals surface area contributed by atoms with E-state index in [0.717, 1.165) is 24.4 Å². The molecule has 128 valence electrons. The molecule has 2 heterocycles. The predicted octanol–water partition coefficient (Wildman–Crippen LogP) is 3.11. The summed E-state index contributed by atoms with van der Waals surface area (Å²) < 4.78 is 5.51. The number of ether oxygens (including phenoxy) is 1. The van der Waals surface area contributed by atoms with Crippen LogP contribution in [0.5, 0.6) is 5.75 Å². The van der Waals surface area contributed by atoms with E-state index in [2.05, 4.69) is 26.6 Å². The molecule has 1 aromatic heterocycles. The molecule has 2 N–H and O–H groups in total. The van der Waals surface area contributed by atoms with Gasteiger partial charge in [0, 0.05) is 23.7 Å². The van der Waals surface area contributed by atoms with Gasteiger partial charge in [-0.1, -0.05) is 18.2 Å². The number of rotatable bonds is 6. The summed E-state index contributed by atoms with van der Waals surface area (Å²) in [4.78, 5) is 18.6. The number of nitrogens with zero attached hydrogens (tertiary/aromatic N) is 2. The molecule has 7 heteroatoms. The molecule has 24 heavy (non-hydrogen) atoms. The van der Waals surface area contributed by atoms with Gasteiger partial charge in [-0.25, -0.2) is 9.78 Å². The zero-order valence-electron chi connectivity index (χ0n) is 13.7. The molecule has 1 aliphatic rings. The number of urea groups is 1. The highest BCUT2D eigenvalue weighted by atomic mass is 32.1. The summed E-state index contributed by atoms with van der Waals surface area (Å²) in [5.41, 5.74) is 1.11. The fourth-order valence-electron chi connectivity index (χ4n) is 3.05. The molecule has 0 unspecified atom stereocenters. The van der Waals surface area contributed by atoms with E-state index in [1.165, 1.54) is 24.2 Å². The number of amides is 2. The maximum absolute atomic E-state index is 12.1. The van der Waals surface area contributed by atoms with E-state index in [9.17, 15) is 4.79 Å². The van der Waals surface area contributed by atoms with Crippen LogP contribution in [0.25, 0.3) is 0 Å². The van der Waals surface area contributed by atoms with Crippen LogP contribution in [0.1, 0.15) is 24.4 Å². The van der Waals surface area contributed by atoms with Crippen LogP contribution in [0.3, 0.4) is 0 Å². The van der Waals surface area contributed by atoms with E-state index in [0.29, 0.717) is 11.7 Å². The molecular weight excluding hydrogens is 324 g/mol. The van der Waals surface area contributed by atoms with E-state index in [-0.39, 0.29) is 12.1 Å². The molecule has 6 nitrogen and oxygen atoms in total. The Labute approximate surface area is 145 Å². The van der Waals surface area contributed by atoms with Crippen molar-refractivity contribution in [2.75, 3.05) is 32.1 Å². The molecule has 2 aromatic rings. The third-order valence-electron chi connectivity index (χ3n) is 4.19. The summed E-state index contributed by atoms with van der Waals surface area (Å²) in [6, 6.07) is 7.88. The van der Waals surface area contributed by atoms with Gasteiger partial charge in [-0.3, -0.25) is 10.2 Å². The third kappa shape index (κ3) is 4.04. The molecule has 1 fully saturated rings. The first-order valence-corrected chi connectivity index (χ1v) is 8.97. The number of aromatic nitrogens is 1. The van der Waals surface area contributed by atoms with Crippen molar-refractivity contribution in [2.24, 2.45) is 0 Å². The van der Waals surface area contributed by atoms with Gasteiger partial charge in [0.2, 0.25) is 0 Å². The second-order valence-electron chi connectivity index (χ2n) is 5.67. The number of hydrogen-bond donors (Lipinski definition) is 2. The number of carbonyl (C=O) groups is 1. The fraction of sp³-hybridized carbons (Fsp3) is 0.412. The lowest BCUT2D eigenvalue weighted by Gasteiger charge is -2.29. The number of likely N-dealkylation sites (tertiary alicyclic amines) is 1. The smallest absolute Gasteiger partial charge is 0.321 e.